The van der Waals surface area contributed by atoms with Gasteiger partial charge >= 0.3 is 6.18 Å². The second-order valence-corrected chi connectivity index (χ2v) is 11.2. The molecule has 0 spiro atoms. The molecule has 2 amide bonds. The van der Waals surface area contributed by atoms with Gasteiger partial charge in [-0.1, -0.05) is 12.1 Å². The van der Waals surface area contributed by atoms with Gasteiger partial charge in [0.25, 0.3) is 5.91 Å². The third-order valence-corrected chi connectivity index (χ3v) is 8.13. The summed E-state index contributed by atoms with van der Waals surface area (Å²) < 4.78 is 66.4. The first kappa shape index (κ1) is 28.0. The van der Waals surface area contributed by atoms with Crippen LogP contribution in [0.2, 0.25) is 0 Å². The second kappa shape index (κ2) is 10.4. The highest BCUT2D eigenvalue weighted by atomic mass is 32.2. The maximum absolute atomic E-state index is 13.0. The number of aliphatic hydroxyl groups excluding tert-OH is 2. The minimum atomic E-state index is -4.81. The molecule has 1 aliphatic carbocycles. The summed E-state index contributed by atoms with van der Waals surface area (Å²) in [7, 11) is -4.68. The SMILES string of the molecule is NC(=O)[C@H](Cc1cccs1)NC(=O)[C@@]1(O)C[C@@H](O)[C@H](O)[C@@H](NS(=O)(=O)c2cccc(C(F)(F)F)c2)C1. The molecule has 1 aromatic heterocycles. The summed E-state index contributed by atoms with van der Waals surface area (Å²) >= 11 is 1.30. The van der Waals surface area contributed by atoms with E-state index in [-0.39, 0.29) is 6.42 Å². The molecule has 0 radical (unpaired) electrons. The van der Waals surface area contributed by atoms with Crippen LogP contribution in [0.15, 0.2) is 46.7 Å². The lowest BCUT2D eigenvalue weighted by atomic mass is 9.78. The van der Waals surface area contributed by atoms with E-state index < -0.39 is 81.2 Å². The zero-order valence-corrected chi connectivity index (χ0v) is 20.1. The summed E-state index contributed by atoms with van der Waals surface area (Å²) in [4.78, 5) is 24.7. The Morgan fingerprint density at radius 3 is 2.47 bits per heavy atom. The molecule has 1 aromatic carbocycles. The summed E-state index contributed by atoms with van der Waals surface area (Å²) in [6.45, 7) is 0. The van der Waals surface area contributed by atoms with Gasteiger partial charge in [0.1, 0.15) is 11.6 Å². The van der Waals surface area contributed by atoms with E-state index >= 15 is 0 Å². The molecule has 0 saturated heterocycles. The lowest BCUT2D eigenvalue weighted by Gasteiger charge is -2.41. The van der Waals surface area contributed by atoms with Crippen molar-refractivity contribution in [3.63, 3.8) is 0 Å². The van der Waals surface area contributed by atoms with E-state index in [1.165, 1.54) is 11.3 Å². The number of halogens is 3. The molecule has 5 atom stereocenters. The predicted octanol–water partition coefficient (Wildman–Crippen LogP) is -0.127. The third-order valence-electron chi connectivity index (χ3n) is 5.75. The average molecular weight is 552 g/mol. The lowest BCUT2D eigenvalue weighted by molar-refractivity contribution is -0.158. The van der Waals surface area contributed by atoms with Gasteiger partial charge in [0.05, 0.1) is 28.7 Å². The molecule has 36 heavy (non-hydrogen) atoms. The van der Waals surface area contributed by atoms with Crippen molar-refractivity contribution in [2.45, 2.75) is 60.2 Å². The highest BCUT2D eigenvalue weighted by Crippen LogP contribution is 2.33. The minimum absolute atomic E-state index is 0.0194. The molecule has 198 valence electrons. The number of nitrogens with one attached hydrogen (secondary N) is 2. The van der Waals surface area contributed by atoms with Crippen molar-refractivity contribution in [2.75, 3.05) is 0 Å². The van der Waals surface area contributed by atoms with Crippen LogP contribution in [0.3, 0.4) is 0 Å². The van der Waals surface area contributed by atoms with Crippen molar-refractivity contribution in [3.8, 4) is 0 Å². The maximum atomic E-state index is 13.0. The van der Waals surface area contributed by atoms with Gasteiger partial charge in [-0.25, -0.2) is 13.1 Å². The summed E-state index contributed by atoms with van der Waals surface area (Å²) in [5, 5.41) is 35.5. The Bertz CT molecular complexity index is 1210. The largest absolute Gasteiger partial charge is 0.416 e. The number of sulfonamides is 1. The fraction of sp³-hybridized carbons (Fsp3) is 0.429. The average Bonchev–Trinajstić information content (AvgIpc) is 3.29. The Morgan fingerprint density at radius 1 is 1.19 bits per heavy atom. The molecule has 0 bridgehead atoms. The van der Waals surface area contributed by atoms with E-state index in [1.54, 1.807) is 17.5 Å². The third kappa shape index (κ3) is 6.41. The zero-order chi connectivity index (χ0) is 26.9. The molecule has 15 heteroatoms. The van der Waals surface area contributed by atoms with Crippen LogP contribution in [-0.4, -0.2) is 65.4 Å². The number of aliphatic hydroxyl groups is 3. The highest BCUT2D eigenvalue weighted by Gasteiger charge is 2.50. The van der Waals surface area contributed by atoms with Gasteiger partial charge in [0, 0.05) is 24.1 Å². The number of amides is 2. The highest BCUT2D eigenvalue weighted by molar-refractivity contribution is 7.89. The van der Waals surface area contributed by atoms with Gasteiger partial charge in [0.15, 0.2) is 0 Å². The molecule has 1 fully saturated rings. The van der Waals surface area contributed by atoms with Gasteiger partial charge in [0.2, 0.25) is 15.9 Å². The molecule has 2 aromatic rings. The summed E-state index contributed by atoms with van der Waals surface area (Å²) in [5.41, 5.74) is 1.68. The quantitative estimate of drug-likeness (QED) is 0.265. The topological polar surface area (TPSA) is 179 Å². The van der Waals surface area contributed by atoms with Crippen molar-refractivity contribution in [1.29, 1.82) is 0 Å². The van der Waals surface area contributed by atoms with Crippen LogP contribution in [-0.2, 0) is 32.2 Å². The van der Waals surface area contributed by atoms with Crippen molar-refractivity contribution < 1.29 is 46.5 Å². The molecule has 7 N–H and O–H groups in total. The number of hydrogen-bond donors (Lipinski definition) is 6. The number of carbonyl (C=O) groups excluding carboxylic acids is 2. The molecular weight excluding hydrogens is 527 g/mol. The molecule has 10 nitrogen and oxygen atoms in total. The monoisotopic (exact) mass is 551 g/mol. The fourth-order valence-corrected chi connectivity index (χ4v) is 5.90. The van der Waals surface area contributed by atoms with Gasteiger partial charge < -0.3 is 26.4 Å². The van der Waals surface area contributed by atoms with Crippen LogP contribution in [0.4, 0.5) is 13.2 Å². The standard InChI is InChI=1S/C21H24F3N3O7S2/c22-21(23,24)11-3-1-5-13(7-11)36(33,34)27-15-9-20(32,10-16(28)17(15)29)19(31)26-14(18(25)30)8-12-4-2-6-35-12/h1-7,14-17,27-29,32H,8-10H2,(H2,25,30)(H,26,31)/t14-,15-,16+,17+,20-/m0/s1. The van der Waals surface area contributed by atoms with Gasteiger partial charge in [-0.05, 0) is 29.6 Å². The Morgan fingerprint density at radius 2 is 1.89 bits per heavy atom. The van der Waals surface area contributed by atoms with Crippen molar-refractivity contribution in [1.82, 2.24) is 10.0 Å². The number of alkyl halides is 3. The van der Waals surface area contributed by atoms with Crippen LogP contribution in [0.25, 0.3) is 0 Å². The van der Waals surface area contributed by atoms with E-state index in [2.05, 4.69) is 5.32 Å². The van der Waals surface area contributed by atoms with Crippen molar-refractivity contribution >= 4 is 33.2 Å². The number of carbonyl (C=O) groups is 2. The van der Waals surface area contributed by atoms with Crippen molar-refractivity contribution in [3.05, 3.63) is 52.2 Å². The lowest BCUT2D eigenvalue weighted by Crippen LogP contribution is -2.64. The van der Waals surface area contributed by atoms with E-state index in [0.29, 0.717) is 17.0 Å². The summed E-state index contributed by atoms with van der Waals surface area (Å²) in [6, 6.07) is 3.35. The van der Waals surface area contributed by atoms with Gasteiger partial charge in [-0.15, -0.1) is 11.3 Å². The summed E-state index contributed by atoms with van der Waals surface area (Å²) in [6.07, 6.45) is -9.83. The molecule has 1 heterocycles. The Labute approximate surface area is 208 Å². The van der Waals surface area contributed by atoms with Gasteiger partial charge in [-0.2, -0.15) is 13.2 Å². The number of primary amides is 1. The number of benzene rings is 1. The first-order chi connectivity index (χ1) is 16.6. The Hall–Kier alpha value is -2.56. The number of thiophene rings is 1. The number of hydrogen-bond acceptors (Lipinski definition) is 8. The van der Waals surface area contributed by atoms with Crippen LogP contribution in [0, 0.1) is 0 Å². The molecule has 0 aliphatic heterocycles. The van der Waals surface area contributed by atoms with E-state index in [1.807, 2.05) is 4.72 Å². The van der Waals surface area contributed by atoms with Crippen LogP contribution in [0.5, 0.6) is 0 Å². The van der Waals surface area contributed by atoms with Gasteiger partial charge in [-0.3, -0.25) is 9.59 Å². The van der Waals surface area contributed by atoms with Crippen molar-refractivity contribution in [2.24, 2.45) is 5.73 Å². The maximum Gasteiger partial charge on any atom is 0.416 e. The van der Waals surface area contributed by atoms with E-state index in [9.17, 15) is 46.5 Å². The first-order valence-electron chi connectivity index (χ1n) is 10.5. The van der Waals surface area contributed by atoms with Crippen LogP contribution < -0.4 is 15.8 Å². The number of rotatable bonds is 8. The fourth-order valence-electron chi connectivity index (χ4n) is 3.85. The second-order valence-electron chi connectivity index (χ2n) is 8.46. The molecule has 1 aliphatic rings. The smallest absolute Gasteiger partial charge is 0.390 e. The normalized spacial score (nSPS) is 25.8. The predicted molar refractivity (Wildman–Crippen MR) is 121 cm³/mol. The van der Waals surface area contributed by atoms with Crippen LogP contribution >= 0.6 is 11.3 Å². The molecule has 1 saturated carbocycles. The molecular formula is C21H24F3N3O7S2. The zero-order valence-electron chi connectivity index (χ0n) is 18.5. The molecule has 0 unspecified atom stereocenters. The van der Waals surface area contributed by atoms with E-state index in [4.69, 9.17) is 5.73 Å². The number of nitrogens with two attached hydrogens (primary N) is 1. The van der Waals surface area contributed by atoms with Crippen LogP contribution in [0.1, 0.15) is 23.3 Å². The Balaban J connectivity index is 1.80. The van der Waals surface area contributed by atoms with E-state index in [0.717, 1.165) is 12.1 Å². The minimum Gasteiger partial charge on any atom is -0.390 e. The molecule has 3 rings (SSSR count). The Kier molecular flexibility index (Phi) is 8.12. The summed E-state index contributed by atoms with van der Waals surface area (Å²) in [5.74, 6) is -2.05. The first-order valence-corrected chi connectivity index (χ1v) is 12.9.